The van der Waals surface area contributed by atoms with Gasteiger partial charge >= 0.3 is 0 Å². The number of amides is 1. The van der Waals surface area contributed by atoms with Crippen LogP contribution in [0.5, 0.6) is 11.5 Å². The largest absolute Gasteiger partial charge is 0.493 e. The van der Waals surface area contributed by atoms with E-state index < -0.39 is 0 Å². The third kappa shape index (κ3) is 5.49. The zero-order valence-corrected chi connectivity index (χ0v) is 15.8. The summed E-state index contributed by atoms with van der Waals surface area (Å²) in [5.41, 5.74) is 2.39. The number of hydrogen-bond donors (Lipinski definition) is 2. The maximum Gasteiger partial charge on any atom is 0.255 e. The fourth-order valence-corrected chi connectivity index (χ4v) is 2.51. The van der Waals surface area contributed by atoms with E-state index in [9.17, 15) is 4.79 Å². The van der Waals surface area contributed by atoms with Crippen LogP contribution in [0.25, 0.3) is 0 Å². The van der Waals surface area contributed by atoms with Crippen molar-refractivity contribution in [1.29, 1.82) is 0 Å². The Morgan fingerprint density at radius 2 is 1.88 bits per heavy atom. The minimum Gasteiger partial charge on any atom is -0.493 e. The Balaban J connectivity index is 2.12. The topological polar surface area (TPSA) is 59.6 Å². The van der Waals surface area contributed by atoms with Crippen molar-refractivity contribution in [1.82, 2.24) is 5.32 Å². The number of carbonyl (C=O) groups is 1. The van der Waals surface area contributed by atoms with Gasteiger partial charge in [-0.3, -0.25) is 4.79 Å². The molecular weight excluding hydrogens is 328 g/mol. The zero-order valence-electron chi connectivity index (χ0n) is 15.8. The van der Waals surface area contributed by atoms with Gasteiger partial charge in [0.25, 0.3) is 5.91 Å². The Bertz CT molecular complexity index is 716. The quantitative estimate of drug-likeness (QED) is 0.625. The van der Waals surface area contributed by atoms with E-state index in [1.54, 1.807) is 25.3 Å². The van der Waals surface area contributed by atoms with Crippen molar-refractivity contribution in [2.24, 2.45) is 0 Å². The molecule has 0 heterocycles. The lowest BCUT2D eigenvalue weighted by atomic mass is 10.1. The summed E-state index contributed by atoms with van der Waals surface area (Å²) < 4.78 is 11.1. The number of methoxy groups -OCH3 is 1. The average Bonchev–Trinajstić information content (AvgIpc) is 2.67. The molecule has 1 amide bonds. The molecule has 2 N–H and O–H groups in total. The maximum absolute atomic E-state index is 12.7. The third-order valence-electron chi connectivity index (χ3n) is 4.01. The van der Waals surface area contributed by atoms with Crippen LogP contribution in [-0.4, -0.2) is 26.2 Å². The lowest BCUT2D eigenvalue weighted by Gasteiger charge is -2.14. The van der Waals surface area contributed by atoms with Gasteiger partial charge in [-0.2, -0.15) is 0 Å². The van der Waals surface area contributed by atoms with E-state index in [4.69, 9.17) is 9.47 Å². The molecule has 0 saturated carbocycles. The first-order chi connectivity index (χ1) is 12.7. The molecule has 0 atom stereocenters. The molecule has 0 spiro atoms. The molecule has 0 aliphatic carbocycles. The van der Waals surface area contributed by atoms with Gasteiger partial charge in [0.15, 0.2) is 11.5 Å². The van der Waals surface area contributed by atoms with Crippen LogP contribution in [0, 0.1) is 0 Å². The normalized spacial score (nSPS) is 10.4. The molecule has 2 aromatic rings. The lowest BCUT2D eigenvalue weighted by Crippen LogP contribution is -2.17. The lowest BCUT2D eigenvalue weighted by molar-refractivity contribution is 0.102. The van der Waals surface area contributed by atoms with Crippen LogP contribution in [0.2, 0.25) is 0 Å². The second kappa shape index (κ2) is 10.5. The van der Waals surface area contributed by atoms with E-state index >= 15 is 0 Å². The Hall–Kier alpha value is -2.53. The fourth-order valence-electron chi connectivity index (χ4n) is 2.51. The van der Waals surface area contributed by atoms with Gasteiger partial charge in [0.2, 0.25) is 0 Å². The number of ether oxygens (including phenoxy) is 2. The Morgan fingerprint density at radius 3 is 2.62 bits per heavy atom. The predicted octanol–water partition coefficient (Wildman–Crippen LogP) is 4.24. The van der Waals surface area contributed by atoms with E-state index in [2.05, 4.69) is 24.5 Å². The molecule has 26 heavy (non-hydrogen) atoms. The van der Waals surface area contributed by atoms with Crippen LogP contribution in [-0.2, 0) is 6.54 Å². The van der Waals surface area contributed by atoms with Crippen molar-refractivity contribution in [3.63, 3.8) is 0 Å². The van der Waals surface area contributed by atoms with Crippen LogP contribution >= 0.6 is 0 Å². The highest BCUT2D eigenvalue weighted by Crippen LogP contribution is 2.29. The van der Waals surface area contributed by atoms with E-state index in [-0.39, 0.29) is 5.91 Å². The van der Waals surface area contributed by atoms with Gasteiger partial charge < -0.3 is 20.1 Å². The van der Waals surface area contributed by atoms with Gasteiger partial charge in [-0.05, 0) is 42.8 Å². The molecule has 5 heteroatoms. The molecule has 0 aliphatic rings. The minimum absolute atomic E-state index is 0.174. The Labute approximate surface area is 155 Å². The van der Waals surface area contributed by atoms with Crippen molar-refractivity contribution in [3.8, 4) is 11.5 Å². The molecule has 2 aromatic carbocycles. The molecule has 0 aromatic heterocycles. The van der Waals surface area contributed by atoms with Gasteiger partial charge in [0, 0.05) is 17.8 Å². The molecule has 0 fully saturated rings. The van der Waals surface area contributed by atoms with Gasteiger partial charge in [-0.15, -0.1) is 0 Å². The first-order valence-corrected chi connectivity index (χ1v) is 9.10. The monoisotopic (exact) mass is 356 g/mol. The molecule has 0 bridgehead atoms. The van der Waals surface area contributed by atoms with Crippen LogP contribution in [0.1, 0.15) is 42.6 Å². The number of carbonyl (C=O) groups excluding carboxylic acids is 1. The van der Waals surface area contributed by atoms with E-state index in [0.717, 1.165) is 30.6 Å². The van der Waals surface area contributed by atoms with Crippen molar-refractivity contribution in [3.05, 3.63) is 53.6 Å². The first-order valence-electron chi connectivity index (χ1n) is 9.10. The summed E-state index contributed by atoms with van der Waals surface area (Å²) in [6, 6.07) is 13.0. The van der Waals surface area contributed by atoms with Crippen molar-refractivity contribution in [2.75, 3.05) is 25.6 Å². The summed E-state index contributed by atoms with van der Waals surface area (Å²) in [5.74, 6) is 1.05. The second-order valence-corrected chi connectivity index (χ2v) is 5.96. The predicted molar refractivity (Wildman–Crippen MR) is 105 cm³/mol. The summed E-state index contributed by atoms with van der Waals surface area (Å²) in [7, 11) is 1.58. The van der Waals surface area contributed by atoms with Crippen molar-refractivity contribution >= 4 is 11.6 Å². The number of unbranched alkanes of at least 4 members (excludes halogenated alkanes) is 1. The van der Waals surface area contributed by atoms with Gasteiger partial charge in [-0.25, -0.2) is 0 Å². The Morgan fingerprint density at radius 1 is 1.08 bits per heavy atom. The highest BCUT2D eigenvalue weighted by molar-refractivity contribution is 6.05. The van der Waals surface area contributed by atoms with Crippen molar-refractivity contribution in [2.45, 2.75) is 33.2 Å². The van der Waals surface area contributed by atoms with Gasteiger partial charge in [0.1, 0.15) is 0 Å². The summed E-state index contributed by atoms with van der Waals surface area (Å²) in [6.07, 6.45) is 2.04. The number of hydrogen-bond acceptors (Lipinski definition) is 4. The van der Waals surface area contributed by atoms with Gasteiger partial charge in [0.05, 0.1) is 13.7 Å². The smallest absolute Gasteiger partial charge is 0.255 e. The molecule has 0 aliphatic heterocycles. The Kier molecular flexibility index (Phi) is 7.96. The van der Waals surface area contributed by atoms with Crippen LogP contribution < -0.4 is 20.1 Å². The van der Waals surface area contributed by atoms with Gasteiger partial charge in [-0.1, -0.05) is 38.5 Å². The van der Waals surface area contributed by atoms with E-state index in [0.29, 0.717) is 30.2 Å². The fraction of sp³-hybridized carbons (Fsp3) is 0.381. The molecular formula is C21H28N2O3. The van der Waals surface area contributed by atoms with Crippen LogP contribution in [0.4, 0.5) is 5.69 Å². The summed E-state index contributed by atoms with van der Waals surface area (Å²) >= 11 is 0. The molecule has 5 nitrogen and oxygen atoms in total. The summed E-state index contributed by atoms with van der Waals surface area (Å²) in [6.45, 7) is 6.38. The SMILES string of the molecule is CCCCOc1ccc(C(=O)Nc2ccccc2CNCC)cc1OC. The molecule has 0 radical (unpaired) electrons. The minimum atomic E-state index is -0.174. The number of para-hydroxylation sites is 1. The number of benzene rings is 2. The molecule has 0 saturated heterocycles. The van der Waals surface area contributed by atoms with E-state index in [1.807, 2.05) is 24.3 Å². The number of nitrogens with one attached hydrogen (secondary N) is 2. The first kappa shape index (κ1) is 19.8. The molecule has 0 unspecified atom stereocenters. The number of rotatable bonds is 10. The summed E-state index contributed by atoms with van der Waals surface area (Å²) in [5, 5.41) is 6.26. The molecule has 2 rings (SSSR count). The summed E-state index contributed by atoms with van der Waals surface area (Å²) in [4.78, 5) is 12.7. The highest BCUT2D eigenvalue weighted by atomic mass is 16.5. The van der Waals surface area contributed by atoms with Crippen molar-refractivity contribution < 1.29 is 14.3 Å². The highest BCUT2D eigenvalue weighted by Gasteiger charge is 2.13. The van der Waals surface area contributed by atoms with Crippen LogP contribution in [0.3, 0.4) is 0 Å². The number of anilines is 1. The third-order valence-corrected chi connectivity index (χ3v) is 4.01. The maximum atomic E-state index is 12.7. The second-order valence-electron chi connectivity index (χ2n) is 5.96. The van der Waals surface area contributed by atoms with Crippen LogP contribution in [0.15, 0.2) is 42.5 Å². The standard InChI is InChI=1S/C21H28N2O3/c1-4-6-13-26-19-12-11-16(14-20(19)25-3)21(24)23-18-10-8-7-9-17(18)15-22-5-2/h7-12,14,22H,4-6,13,15H2,1-3H3,(H,23,24). The molecule has 140 valence electrons. The average molecular weight is 356 g/mol. The zero-order chi connectivity index (χ0) is 18.8. The van der Waals surface area contributed by atoms with E-state index in [1.165, 1.54) is 0 Å².